The van der Waals surface area contributed by atoms with Crippen LogP contribution in [-0.4, -0.2) is 26.0 Å². The molecule has 2 N–H and O–H groups in total. The van der Waals surface area contributed by atoms with Crippen molar-refractivity contribution in [2.75, 3.05) is 21.1 Å². The first-order valence-corrected chi connectivity index (χ1v) is 8.24. The minimum Gasteiger partial charge on any atom is -0.693 e. The van der Waals surface area contributed by atoms with E-state index in [1.165, 1.54) is 27.8 Å². The smallest absolute Gasteiger partial charge is 0.0229 e. The third kappa shape index (κ3) is 6.92. The van der Waals surface area contributed by atoms with Crippen LogP contribution < -0.4 is 0 Å². The fourth-order valence-corrected chi connectivity index (χ4v) is 2.78. The van der Waals surface area contributed by atoms with Crippen molar-refractivity contribution in [1.29, 1.82) is 0 Å². The molecule has 2 rings (SSSR count). The van der Waals surface area contributed by atoms with Crippen LogP contribution in [0.15, 0.2) is 42.5 Å². The van der Waals surface area contributed by atoms with Gasteiger partial charge in [0, 0.05) is 39.3 Å². The summed E-state index contributed by atoms with van der Waals surface area (Å²) in [6.07, 6.45) is 0. The van der Waals surface area contributed by atoms with Crippen LogP contribution in [0, 0.1) is 0 Å². The maximum Gasteiger partial charge on any atom is 0.0229 e. The number of hydrogen-bond acceptors (Lipinski definition) is 1. The van der Waals surface area contributed by atoms with Crippen LogP contribution in [0.5, 0.6) is 0 Å². The molecule has 0 amide bonds. The molecule has 0 aromatic heterocycles. The van der Waals surface area contributed by atoms with Crippen molar-refractivity contribution in [2.24, 2.45) is 0 Å². The molecule has 25 heavy (non-hydrogen) atoms. The molecule has 2 aromatic rings. The predicted molar refractivity (Wildman–Crippen MR) is 106 cm³/mol. The average molecular weight is 414 g/mol. The van der Waals surface area contributed by atoms with Gasteiger partial charge >= 0.3 is 0 Å². The number of hydrogen-bond donors (Lipinski definition) is 0. The molecule has 135 valence electrons. The Morgan fingerprint density at radius 3 is 1.92 bits per heavy atom. The fraction of sp³-hybridized carbons (Fsp3) is 0.429. The van der Waals surface area contributed by atoms with E-state index in [1.807, 2.05) is 7.05 Å². The fourth-order valence-electron chi connectivity index (χ4n) is 2.78. The van der Waals surface area contributed by atoms with Gasteiger partial charge < -0.3 is 16.4 Å². The Balaban J connectivity index is 0.00000288. The van der Waals surface area contributed by atoms with E-state index in [0.29, 0.717) is 0 Å². The van der Waals surface area contributed by atoms with E-state index < -0.39 is 0 Å². The van der Waals surface area contributed by atoms with Gasteiger partial charge in [-0.2, -0.15) is 7.05 Å². The SMILES string of the molecule is C[N-]Cc1cc(-c2ccc(C(C)(C)C)cc2)ccc1CN(C)C.[NH2-].[Y]. The number of nitrogens with zero attached hydrogens (tertiary/aromatic N) is 2. The Kier molecular flexibility index (Phi) is 10.3. The molecule has 3 nitrogen and oxygen atoms in total. The largest absolute Gasteiger partial charge is 0.693 e. The van der Waals surface area contributed by atoms with Gasteiger partial charge in [-0.3, -0.25) is 0 Å². The summed E-state index contributed by atoms with van der Waals surface area (Å²) in [5, 5.41) is 4.34. The van der Waals surface area contributed by atoms with E-state index in [0.717, 1.165) is 13.1 Å². The van der Waals surface area contributed by atoms with E-state index in [9.17, 15) is 0 Å². The van der Waals surface area contributed by atoms with Crippen LogP contribution in [0.4, 0.5) is 0 Å². The van der Waals surface area contributed by atoms with Crippen molar-refractivity contribution in [1.82, 2.24) is 4.90 Å². The topological polar surface area (TPSA) is 50.8 Å². The van der Waals surface area contributed by atoms with Crippen LogP contribution in [0.25, 0.3) is 22.6 Å². The van der Waals surface area contributed by atoms with Crippen LogP contribution in [0.3, 0.4) is 0 Å². The van der Waals surface area contributed by atoms with Crippen LogP contribution in [0.2, 0.25) is 0 Å². The molecule has 0 unspecified atom stereocenters. The van der Waals surface area contributed by atoms with Gasteiger partial charge in [0.1, 0.15) is 0 Å². The van der Waals surface area contributed by atoms with Crippen molar-refractivity contribution < 1.29 is 32.7 Å². The molecule has 0 atom stereocenters. The third-order valence-electron chi connectivity index (χ3n) is 4.11. The number of benzene rings is 2. The second-order valence-corrected chi connectivity index (χ2v) is 7.52. The zero-order valence-corrected chi connectivity index (χ0v) is 19.3. The Morgan fingerprint density at radius 1 is 0.880 bits per heavy atom. The van der Waals surface area contributed by atoms with Gasteiger partial charge in [-0.15, -0.1) is 6.54 Å². The van der Waals surface area contributed by atoms with E-state index in [4.69, 9.17) is 0 Å². The predicted octanol–water partition coefficient (Wildman–Crippen LogP) is 5.93. The molecule has 0 spiro atoms. The normalized spacial score (nSPS) is 11.0. The van der Waals surface area contributed by atoms with Crippen LogP contribution in [-0.2, 0) is 51.2 Å². The van der Waals surface area contributed by atoms with Gasteiger partial charge in [-0.25, -0.2) is 0 Å². The molecule has 4 heteroatoms. The molecule has 1 radical (unpaired) electrons. The van der Waals surface area contributed by atoms with Crippen molar-refractivity contribution in [2.45, 2.75) is 39.3 Å². The summed E-state index contributed by atoms with van der Waals surface area (Å²) in [4.78, 5) is 2.20. The summed E-state index contributed by atoms with van der Waals surface area (Å²) in [6.45, 7) is 8.47. The van der Waals surface area contributed by atoms with Crippen molar-refractivity contribution in [3.8, 4) is 11.1 Å². The molecular weight excluding hydrogens is 383 g/mol. The minimum atomic E-state index is 0. The summed E-state index contributed by atoms with van der Waals surface area (Å²) >= 11 is 0. The molecule has 0 aliphatic rings. The van der Waals surface area contributed by atoms with Crippen molar-refractivity contribution >= 4 is 0 Å². The van der Waals surface area contributed by atoms with Crippen molar-refractivity contribution in [3.05, 3.63) is 70.6 Å². The molecule has 0 bridgehead atoms. The first-order chi connectivity index (χ1) is 10.8. The summed E-state index contributed by atoms with van der Waals surface area (Å²) in [5.74, 6) is 0. The Hall–Kier alpha value is -0.576. The molecule has 0 saturated carbocycles. The van der Waals surface area contributed by atoms with Gasteiger partial charge in [-0.05, 0) is 41.8 Å². The first-order valence-electron chi connectivity index (χ1n) is 8.24. The molecular formula is C21H31N3Y-2. The van der Waals surface area contributed by atoms with Gasteiger partial charge in [0.15, 0.2) is 0 Å². The maximum atomic E-state index is 4.34. The average Bonchev–Trinajstić information content (AvgIpc) is 2.48. The van der Waals surface area contributed by atoms with E-state index in [2.05, 4.69) is 87.5 Å². The van der Waals surface area contributed by atoms with Crippen LogP contribution >= 0.6 is 0 Å². The van der Waals surface area contributed by atoms with Gasteiger partial charge in [-0.1, -0.05) is 68.8 Å². The second kappa shape index (κ2) is 10.5. The number of rotatable bonds is 5. The Morgan fingerprint density at radius 2 is 1.44 bits per heavy atom. The van der Waals surface area contributed by atoms with Crippen LogP contribution in [0.1, 0.15) is 37.5 Å². The summed E-state index contributed by atoms with van der Waals surface area (Å²) in [5.41, 5.74) is 6.78. The summed E-state index contributed by atoms with van der Waals surface area (Å²) in [6, 6.07) is 15.7. The maximum absolute atomic E-state index is 4.34. The molecule has 0 fully saturated rings. The number of nitrogens with two attached hydrogens (primary N) is 1. The van der Waals surface area contributed by atoms with E-state index in [1.54, 1.807) is 0 Å². The molecule has 0 aliphatic carbocycles. The Labute approximate surface area is 179 Å². The molecule has 0 saturated heterocycles. The molecule has 0 aliphatic heterocycles. The monoisotopic (exact) mass is 414 g/mol. The molecule has 0 heterocycles. The summed E-state index contributed by atoms with van der Waals surface area (Å²) < 4.78 is 0. The van der Waals surface area contributed by atoms with E-state index >= 15 is 0 Å². The standard InChI is InChI=1S/C21H29N2.H2N.Y/c1-21(2,3)20-11-9-16(10-12-20)17-7-8-18(15-23(5)6)19(13-17)14-22-4;;/h7-13H,14-15H2,1-6H3;1H2;/q2*-1;. The van der Waals surface area contributed by atoms with E-state index in [-0.39, 0.29) is 44.3 Å². The quantitative estimate of drug-likeness (QED) is 0.598. The zero-order chi connectivity index (χ0) is 17.0. The minimum absolute atomic E-state index is 0. The third-order valence-corrected chi connectivity index (χ3v) is 4.11. The van der Waals surface area contributed by atoms with Crippen molar-refractivity contribution in [3.63, 3.8) is 0 Å². The van der Waals surface area contributed by atoms with Gasteiger partial charge in [0.25, 0.3) is 0 Å². The zero-order valence-electron chi connectivity index (χ0n) is 16.5. The molecule has 2 aromatic carbocycles. The van der Waals surface area contributed by atoms with Gasteiger partial charge in [0.2, 0.25) is 0 Å². The van der Waals surface area contributed by atoms with Gasteiger partial charge in [0.05, 0.1) is 0 Å². The first kappa shape index (κ1) is 24.4. The summed E-state index contributed by atoms with van der Waals surface area (Å²) in [7, 11) is 6.09. The second-order valence-electron chi connectivity index (χ2n) is 7.52. The Bertz CT molecular complexity index is 643.